The van der Waals surface area contributed by atoms with E-state index in [0.29, 0.717) is 5.56 Å². The van der Waals surface area contributed by atoms with E-state index in [1.165, 1.54) is 18.2 Å². The average Bonchev–Trinajstić information content (AvgIpc) is 2.46. The van der Waals surface area contributed by atoms with E-state index in [-0.39, 0.29) is 13.1 Å². The van der Waals surface area contributed by atoms with Crippen LogP contribution in [0.1, 0.15) is 5.56 Å². The molecule has 1 saturated heterocycles. The lowest BCUT2D eigenvalue weighted by atomic mass is 9.84. The molecule has 22 heavy (non-hydrogen) atoms. The molecule has 2 N–H and O–H groups in total. The van der Waals surface area contributed by atoms with Gasteiger partial charge in [-0.15, -0.1) is 19.8 Å². The van der Waals surface area contributed by atoms with E-state index in [1.807, 2.05) is 0 Å². The van der Waals surface area contributed by atoms with Crippen molar-refractivity contribution < 1.29 is 27.8 Å². The summed E-state index contributed by atoms with van der Waals surface area (Å²) in [6, 6.07) is 7.98. The molecule has 1 fully saturated rings. The first-order valence-electron chi connectivity index (χ1n) is 6.49. The van der Waals surface area contributed by atoms with Crippen LogP contribution >= 0.6 is 0 Å². The minimum absolute atomic E-state index is 0.00790. The van der Waals surface area contributed by atoms with Crippen LogP contribution in [0.25, 0.3) is 0 Å². The van der Waals surface area contributed by atoms with E-state index in [2.05, 4.69) is 16.6 Å². The predicted molar refractivity (Wildman–Crippen MR) is 72.0 cm³/mol. The highest BCUT2D eigenvalue weighted by molar-refractivity contribution is 5.68. The number of ether oxygens (including phenoxy) is 1. The van der Waals surface area contributed by atoms with Crippen molar-refractivity contribution in [2.24, 2.45) is 0 Å². The van der Waals surface area contributed by atoms with Crippen LogP contribution in [0.5, 0.6) is 0 Å². The number of amides is 1. The van der Waals surface area contributed by atoms with Gasteiger partial charge in [-0.3, -0.25) is 15.0 Å². The number of rotatable bonds is 3. The van der Waals surface area contributed by atoms with Gasteiger partial charge in [0.05, 0.1) is 0 Å². The van der Waals surface area contributed by atoms with E-state index < -0.39 is 24.2 Å². The zero-order valence-electron chi connectivity index (χ0n) is 11.5. The van der Waals surface area contributed by atoms with E-state index in [0.717, 1.165) is 4.90 Å². The Labute approximate surface area is 125 Å². The number of hydrogen-bond donors (Lipinski definition) is 2. The fraction of sp³-hybridized carbons (Fsp3) is 0.357. The zero-order chi connectivity index (χ0) is 16.4. The lowest BCUT2D eigenvalue weighted by molar-refractivity contribution is -0.360. The van der Waals surface area contributed by atoms with Crippen LogP contribution < -0.4 is 5.32 Å². The van der Waals surface area contributed by atoms with Gasteiger partial charge < -0.3 is 5.11 Å². The Morgan fingerprint density at radius 2 is 2.09 bits per heavy atom. The summed E-state index contributed by atoms with van der Waals surface area (Å²) in [6.07, 6.45) is -6.72. The van der Waals surface area contributed by atoms with Crippen LogP contribution in [0.15, 0.2) is 43.0 Å². The molecule has 0 saturated carbocycles. The molecule has 1 heterocycles. The van der Waals surface area contributed by atoms with Gasteiger partial charge in [-0.2, -0.15) is 0 Å². The number of nitrogens with zero attached hydrogens (tertiary/aromatic N) is 1. The summed E-state index contributed by atoms with van der Waals surface area (Å²) in [7, 11) is 0. The number of piperazine rings is 1. The number of carbonyl (C=O) groups is 1. The summed E-state index contributed by atoms with van der Waals surface area (Å²) in [5.41, 5.74) is -1.34. The Morgan fingerprint density at radius 3 is 2.59 bits per heavy atom. The molecule has 1 aromatic rings. The molecule has 2 atom stereocenters. The Kier molecular flexibility index (Phi) is 4.43. The van der Waals surface area contributed by atoms with Gasteiger partial charge in [-0.25, -0.2) is 4.79 Å². The molecular weight excluding hydrogens is 301 g/mol. The highest BCUT2D eigenvalue weighted by atomic mass is 19.4. The number of nitrogens with one attached hydrogen (secondary N) is 1. The second-order valence-electron chi connectivity index (χ2n) is 4.73. The number of alkyl halides is 3. The van der Waals surface area contributed by atoms with Crippen molar-refractivity contribution in [1.82, 2.24) is 10.2 Å². The Hall–Kier alpha value is -2.06. The first kappa shape index (κ1) is 16.3. The first-order chi connectivity index (χ1) is 10.3. The van der Waals surface area contributed by atoms with Crippen molar-refractivity contribution in [3.63, 3.8) is 0 Å². The van der Waals surface area contributed by atoms with Crippen molar-refractivity contribution in [3.05, 3.63) is 48.6 Å². The number of carboxylic acid groups (broad SMARTS) is 1. The number of benzene rings is 1. The summed E-state index contributed by atoms with van der Waals surface area (Å²) < 4.78 is 42.2. The summed E-state index contributed by atoms with van der Waals surface area (Å²) in [6.45, 7) is 3.60. The van der Waals surface area contributed by atoms with Crippen LogP contribution in [-0.2, 0) is 10.3 Å². The Bertz CT molecular complexity index is 550. The molecule has 1 aliphatic rings. The predicted octanol–water partition coefficient (Wildman–Crippen LogP) is 2.51. The molecule has 1 amide bonds. The Morgan fingerprint density at radius 1 is 1.45 bits per heavy atom. The van der Waals surface area contributed by atoms with Gasteiger partial charge in [-0.05, 0) is 5.56 Å². The van der Waals surface area contributed by atoms with E-state index in [4.69, 9.17) is 0 Å². The summed E-state index contributed by atoms with van der Waals surface area (Å²) in [5.74, 6) is 0. The van der Waals surface area contributed by atoms with E-state index in [9.17, 15) is 23.1 Å². The maximum Gasteiger partial charge on any atom is 0.524 e. The van der Waals surface area contributed by atoms with Crippen LogP contribution in [0.4, 0.5) is 18.0 Å². The van der Waals surface area contributed by atoms with Crippen LogP contribution in [0.3, 0.4) is 0 Å². The number of halogens is 3. The molecule has 0 bridgehead atoms. The summed E-state index contributed by atoms with van der Waals surface area (Å²) >= 11 is 0. The normalized spacial score (nSPS) is 25.8. The maximum absolute atomic E-state index is 12.7. The SMILES string of the molecule is C=CC1(c2ccccc2)C(OC(F)(F)F)NCCN1C(=O)O. The monoisotopic (exact) mass is 316 g/mol. The topological polar surface area (TPSA) is 61.8 Å². The highest BCUT2D eigenvalue weighted by Crippen LogP contribution is 2.38. The molecule has 1 aromatic carbocycles. The maximum atomic E-state index is 12.7. The molecule has 0 aromatic heterocycles. The molecule has 0 spiro atoms. The highest BCUT2D eigenvalue weighted by Gasteiger charge is 2.52. The zero-order valence-corrected chi connectivity index (χ0v) is 11.5. The molecule has 0 radical (unpaired) electrons. The third-order valence-electron chi connectivity index (χ3n) is 3.54. The smallest absolute Gasteiger partial charge is 0.465 e. The second kappa shape index (κ2) is 5.98. The van der Waals surface area contributed by atoms with Gasteiger partial charge in [0.25, 0.3) is 0 Å². The number of hydrogen-bond acceptors (Lipinski definition) is 3. The van der Waals surface area contributed by atoms with Crippen molar-refractivity contribution in [1.29, 1.82) is 0 Å². The molecule has 2 rings (SSSR count). The van der Waals surface area contributed by atoms with Crippen LogP contribution in [0, 0.1) is 0 Å². The summed E-state index contributed by atoms with van der Waals surface area (Å²) in [5, 5.41) is 12.0. The molecular formula is C14H15F3N2O3. The molecule has 120 valence electrons. The van der Waals surface area contributed by atoms with Crippen LogP contribution in [-0.4, -0.2) is 41.8 Å². The third kappa shape index (κ3) is 2.93. The van der Waals surface area contributed by atoms with Gasteiger partial charge in [0.15, 0.2) is 0 Å². The standard InChI is InChI=1S/C14H15F3N2O3/c1-2-13(10-6-4-3-5-7-10)11(22-14(15,16)17)18-8-9-19(13)12(20)21/h2-7,11,18H,1,8-9H2,(H,20,21). The van der Waals surface area contributed by atoms with Gasteiger partial charge >= 0.3 is 12.5 Å². The van der Waals surface area contributed by atoms with Gasteiger partial charge in [0.2, 0.25) is 0 Å². The van der Waals surface area contributed by atoms with Crippen LogP contribution in [0.2, 0.25) is 0 Å². The van der Waals surface area contributed by atoms with Gasteiger partial charge in [0, 0.05) is 13.1 Å². The minimum atomic E-state index is -4.91. The quantitative estimate of drug-likeness (QED) is 0.841. The van der Waals surface area contributed by atoms with Crippen molar-refractivity contribution in [2.45, 2.75) is 18.1 Å². The second-order valence-corrected chi connectivity index (χ2v) is 4.73. The van der Waals surface area contributed by atoms with E-state index in [1.54, 1.807) is 18.2 Å². The van der Waals surface area contributed by atoms with Gasteiger partial charge in [0.1, 0.15) is 11.8 Å². The fourth-order valence-electron chi connectivity index (χ4n) is 2.66. The molecule has 5 nitrogen and oxygen atoms in total. The average molecular weight is 316 g/mol. The largest absolute Gasteiger partial charge is 0.524 e. The molecule has 2 unspecified atom stereocenters. The summed E-state index contributed by atoms with van der Waals surface area (Å²) in [4.78, 5) is 12.4. The van der Waals surface area contributed by atoms with Gasteiger partial charge in [-0.1, -0.05) is 36.4 Å². The lowest BCUT2D eigenvalue weighted by Crippen LogP contribution is -2.67. The first-order valence-corrected chi connectivity index (χ1v) is 6.49. The van der Waals surface area contributed by atoms with Crippen molar-refractivity contribution >= 4 is 6.09 Å². The molecule has 8 heteroatoms. The van der Waals surface area contributed by atoms with Crippen molar-refractivity contribution in [2.75, 3.05) is 13.1 Å². The fourth-order valence-corrected chi connectivity index (χ4v) is 2.66. The Balaban J connectivity index is 2.56. The molecule has 0 aliphatic carbocycles. The minimum Gasteiger partial charge on any atom is -0.465 e. The van der Waals surface area contributed by atoms with Crippen molar-refractivity contribution in [3.8, 4) is 0 Å². The van der Waals surface area contributed by atoms with E-state index >= 15 is 0 Å². The third-order valence-corrected chi connectivity index (χ3v) is 3.54. The lowest BCUT2D eigenvalue weighted by Gasteiger charge is -2.49. The molecule has 1 aliphatic heterocycles.